The average molecular weight is 435 g/mol. The zero-order chi connectivity index (χ0) is 21.5. The van der Waals surface area contributed by atoms with Gasteiger partial charge < -0.3 is 9.15 Å². The van der Waals surface area contributed by atoms with E-state index in [1.165, 1.54) is 12.1 Å². The van der Waals surface area contributed by atoms with Gasteiger partial charge in [0.25, 0.3) is 0 Å². The summed E-state index contributed by atoms with van der Waals surface area (Å²) in [6, 6.07) is 13.6. The molecule has 0 unspecified atom stereocenters. The molecule has 5 nitrogen and oxygen atoms in total. The first-order valence-electron chi connectivity index (χ1n) is 8.81. The molecule has 2 heterocycles. The lowest BCUT2D eigenvalue weighted by molar-refractivity contribution is -0.141. The van der Waals surface area contributed by atoms with Gasteiger partial charge in [0.05, 0.1) is 16.4 Å². The summed E-state index contributed by atoms with van der Waals surface area (Å²) in [4.78, 5) is 11.6. The van der Waals surface area contributed by atoms with Gasteiger partial charge in [0, 0.05) is 17.5 Å². The molecule has 0 atom stereocenters. The molecule has 154 valence electrons. The van der Waals surface area contributed by atoms with Crippen LogP contribution in [0.15, 0.2) is 63.8 Å². The summed E-state index contributed by atoms with van der Waals surface area (Å²) in [7, 11) is 0. The summed E-state index contributed by atoms with van der Waals surface area (Å²) < 4.78 is 51.6. The molecule has 2 aromatic heterocycles. The molecule has 0 aliphatic rings. The van der Waals surface area contributed by atoms with Gasteiger partial charge in [-0.25, -0.2) is 9.48 Å². The Morgan fingerprint density at radius 3 is 2.63 bits per heavy atom. The topological polar surface area (TPSA) is 57.3 Å². The molecule has 9 heteroatoms. The predicted octanol–water partition coefficient (Wildman–Crippen LogP) is 5.54. The highest BCUT2D eigenvalue weighted by atomic mass is 35.5. The standard InChI is InChI=1S/C21H14ClF3N2O3/c1-12-8-20(28)30-18-10-14(6-7-15(12)18)29-11-13-9-19(21(23,24)25)26-27(13)17-5-3-2-4-16(17)22/h2-10H,11H2,1H3. The van der Waals surface area contributed by atoms with Crippen molar-refractivity contribution in [1.82, 2.24) is 9.78 Å². The minimum Gasteiger partial charge on any atom is -0.487 e. The molecule has 0 saturated carbocycles. The molecule has 30 heavy (non-hydrogen) atoms. The number of halogens is 4. The van der Waals surface area contributed by atoms with E-state index in [1.54, 1.807) is 43.3 Å². The number of para-hydroxylation sites is 1. The smallest absolute Gasteiger partial charge is 0.435 e. The van der Waals surface area contributed by atoms with Crippen LogP contribution in [0.5, 0.6) is 5.75 Å². The van der Waals surface area contributed by atoms with Crippen molar-refractivity contribution >= 4 is 22.6 Å². The summed E-state index contributed by atoms with van der Waals surface area (Å²) in [5, 5.41) is 4.65. The van der Waals surface area contributed by atoms with Gasteiger partial charge >= 0.3 is 11.8 Å². The van der Waals surface area contributed by atoms with Crippen molar-refractivity contribution < 1.29 is 22.3 Å². The molecule has 0 aliphatic carbocycles. The van der Waals surface area contributed by atoms with Gasteiger partial charge in [0.2, 0.25) is 0 Å². The third kappa shape index (κ3) is 3.91. The third-order valence-corrected chi connectivity index (χ3v) is 4.78. The Kier molecular flexibility index (Phi) is 5.03. The normalized spacial score (nSPS) is 11.8. The molecule has 0 aliphatic heterocycles. The van der Waals surface area contributed by atoms with Crippen molar-refractivity contribution in [3.8, 4) is 11.4 Å². The van der Waals surface area contributed by atoms with Crippen LogP contribution in [0.1, 0.15) is 17.0 Å². The lowest BCUT2D eigenvalue weighted by Crippen LogP contribution is -2.08. The van der Waals surface area contributed by atoms with Gasteiger partial charge in [0.15, 0.2) is 5.69 Å². The lowest BCUT2D eigenvalue weighted by Gasteiger charge is -2.11. The van der Waals surface area contributed by atoms with Crippen LogP contribution in [0.2, 0.25) is 5.02 Å². The molecule has 0 saturated heterocycles. The van der Waals surface area contributed by atoms with Crippen molar-refractivity contribution in [2.24, 2.45) is 0 Å². The van der Waals surface area contributed by atoms with Crippen LogP contribution in [0.3, 0.4) is 0 Å². The van der Waals surface area contributed by atoms with E-state index in [1.807, 2.05) is 0 Å². The van der Waals surface area contributed by atoms with Crippen molar-refractivity contribution in [3.05, 3.63) is 87.0 Å². The minimum atomic E-state index is -4.62. The SMILES string of the molecule is Cc1cc(=O)oc2cc(OCc3cc(C(F)(F)F)nn3-c3ccccc3Cl)ccc12. The van der Waals surface area contributed by atoms with Gasteiger partial charge in [-0.2, -0.15) is 18.3 Å². The Labute approximate surface area is 173 Å². The fraction of sp³-hybridized carbons (Fsp3) is 0.143. The van der Waals surface area contributed by atoms with E-state index < -0.39 is 17.5 Å². The predicted molar refractivity (Wildman–Crippen MR) is 105 cm³/mol. The number of nitrogens with zero attached hydrogens (tertiary/aromatic N) is 2. The van der Waals surface area contributed by atoms with Crippen molar-refractivity contribution in [2.45, 2.75) is 19.7 Å². The molecule has 0 spiro atoms. The molecular weight excluding hydrogens is 421 g/mol. The molecular formula is C21H14ClF3N2O3. The van der Waals surface area contributed by atoms with E-state index in [2.05, 4.69) is 5.10 Å². The second-order valence-corrected chi connectivity index (χ2v) is 6.98. The average Bonchev–Trinajstić information content (AvgIpc) is 3.11. The highest BCUT2D eigenvalue weighted by Crippen LogP contribution is 2.31. The summed E-state index contributed by atoms with van der Waals surface area (Å²) in [5.74, 6) is 0.330. The van der Waals surface area contributed by atoms with E-state index in [9.17, 15) is 18.0 Å². The first-order chi connectivity index (χ1) is 14.2. The molecule has 0 fully saturated rings. The number of aryl methyl sites for hydroxylation is 1. The highest BCUT2D eigenvalue weighted by molar-refractivity contribution is 6.32. The number of hydrogen-bond donors (Lipinski definition) is 0. The fourth-order valence-electron chi connectivity index (χ4n) is 3.05. The number of hydrogen-bond acceptors (Lipinski definition) is 4. The van der Waals surface area contributed by atoms with Crippen LogP contribution < -0.4 is 10.4 Å². The Bertz CT molecular complexity index is 1290. The van der Waals surface area contributed by atoms with Crippen molar-refractivity contribution in [2.75, 3.05) is 0 Å². The zero-order valence-corrected chi connectivity index (χ0v) is 16.3. The number of alkyl halides is 3. The Balaban J connectivity index is 1.69. The third-order valence-electron chi connectivity index (χ3n) is 4.46. The van der Waals surface area contributed by atoms with Gasteiger partial charge in [0.1, 0.15) is 17.9 Å². The van der Waals surface area contributed by atoms with E-state index >= 15 is 0 Å². The molecule has 0 amide bonds. The van der Waals surface area contributed by atoms with Crippen LogP contribution in [-0.4, -0.2) is 9.78 Å². The van der Waals surface area contributed by atoms with E-state index in [0.29, 0.717) is 17.0 Å². The van der Waals surface area contributed by atoms with Crippen LogP contribution >= 0.6 is 11.6 Å². The molecule has 0 radical (unpaired) electrons. The maximum Gasteiger partial charge on any atom is 0.435 e. The molecule has 0 N–H and O–H groups in total. The first-order valence-corrected chi connectivity index (χ1v) is 9.18. The number of aromatic nitrogens is 2. The Hall–Kier alpha value is -3.26. The number of ether oxygens (including phenoxy) is 1. The van der Waals surface area contributed by atoms with Crippen LogP contribution in [0.25, 0.3) is 16.7 Å². The molecule has 0 bridgehead atoms. The molecule has 2 aromatic carbocycles. The quantitative estimate of drug-likeness (QED) is 0.396. The van der Waals surface area contributed by atoms with Crippen molar-refractivity contribution in [1.29, 1.82) is 0 Å². The summed E-state index contributed by atoms with van der Waals surface area (Å²) in [6.07, 6.45) is -4.62. The Morgan fingerprint density at radius 1 is 1.13 bits per heavy atom. The number of rotatable bonds is 4. The summed E-state index contributed by atoms with van der Waals surface area (Å²) in [6.45, 7) is 1.57. The highest BCUT2D eigenvalue weighted by Gasteiger charge is 2.35. The monoisotopic (exact) mass is 434 g/mol. The van der Waals surface area contributed by atoms with E-state index in [0.717, 1.165) is 21.7 Å². The Morgan fingerprint density at radius 2 is 1.90 bits per heavy atom. The lowest BCUT2D eigenvalue weighted by atomic mass is 10.1. The van der Waals surface area contributed by atoms with Gasteiger partial charge in [-0.3, -0.25) is 0 Å². The summed E-state index contributed by atoms with van der Waals surface area (Å²) in [5.41, 5.74) is -0.0213. The van der Waals surface area contributed by atoms with Crippen LogP contribution in [0.4, 0.5) is 13.2 Å². The van der Waals surface area contributed by atoms with Crippen LogP contribution in [-0.2, 0) is 12.8 Å². The van der Waals surface area contributed by atoms with E-state index in [-0.39, 0.29) is 17.3 Å². The summed E-state index contributed by atoms with van der Waals surface area (Å²) >= 11 is 6.14. The van der Waals surface area contributed by atoms with Crippen molar-refractivity contribution in [3.63, 3.8) is 0 Å². The number of benzene rings is 2. The molecule has 4 aromatic rings. The zero-order valence-electron chi connectivity index (χ0n) is 15.5. The van der Waals surface area contributed by atoms with Gasteiger partial charge in [-0.05, 0) is 42.8 Å². The maximum atomic E-state index is 13.2. The second kappa shape index (κ2) is 7.53. The first kappa shape index (κ1) is 20.0. The second-order valence-electron chi connectivity index (χ2n) is 6.58. The molecule has 4 rings (SSSR count). The largest absolute Gasteiger partial charge is 0.487 e. The minimum absolute atomic E-state index is 0.154. The van der Waals surface area contributed by atoms with Crippen LogP contribution in [0, 0.1) is 6.92 Å². The van der Waals surface area contributed by atoms with Gasteiger partial charge in [-0.15, -0.1) is 0 Å². The van der Waals surface area contributed by atoms with Gasteiger partial charge in [-0.1, -0.05) is 23.7 Å². The fourth-order valence-corrected chi connectivity index (χ4v) is 3.26. The maximum absolute atomic E-state index is 13.2. The number of fused-ring (bicyclic) bond motifs is 1. The van der Waals surface area contributed by atoms with E-state index in [4.69, 9.17) is 20.8 Å².